The maximum atomic E-state index is 13.3. The lowest BCUT2D eigenvalue weighted by Crippen LogP contribution is -2.42. The van der Waals surface area contributed by atoms with Gasteiger partial charge in [0.2, 0.25) is 0 Å². The summed E-state index contributed by atoms with van der Waals surface area (Å²) >= 11 is 1.04. The molecule has 1 aliphatic carbocycles. The fourth-order valence-electron chi connectivity index (χ4n) is 4.75. The highest BCUT2D eigenvalue weighted by molar-refractivity contribution is 7.13. The fraction of sp³-hybridized carbons (Fsp3) is 0.462. The molecule has 1 unspecified atom stereocenters. The molecule has 4 aromatic heterocycles. The summed E-state index contributed by atoms with van der Waals surface area (Å²) in [5.41, 5.74) is 1.98. The number of alkyl halides is 3. The van der Waals surface area contributed by atoms with E-state index in [2.05, 4.69) is 35.4 Å². The quantitative estimate of drug-likeness (QED) is 0.322. The van der Waals surface area contributed by atoms with Gasteiger partial charge in [-0.25, -0.2) is 15.0 Å². The molecule has 1 amide bonds. The molecule has 0 spiro atoms. The highest BCUT2D eigenvalue weighted by Crippen LogP contribution is 2.40. The molecule has 11 nitrogen and oxygen atoms in total. The van der Waals surface area contributed by atoms with Gasteiger partial charge in [0.15, 0.2) is 10.8 Å². The summed E-state index contributed by atoms with van der Waals surface area (Å²) in [6.45, 7) is 4.11. The molecule has 4 aromatic rings. The average Bonchev–Trinajstić information content (AvgIpc) is 3.30. The third kappa shape index (κ3) is 5.68. The highest BCUT2D eigenvalue weighted by atomic mass is 32.1. The third-order valence-corrected chi connectivity index (χ3v) is 8.39. The Morgan fingerprint density at radius 1 is 1.20 bits per heavy atom. The first-order valence-corrected chi connectivity index (χ1v) is 14.1. The van der Waals surface area contributed by atoms with Crippen LogP contribution in [0.15, 0.2) is 36.5 Å². The summed E-state index contributed by atoms with van der Waals surface area (Å²) in [7, 11) is 0. The van der Waals surface area contributed by atoms with Crippen molar-refractivity contribution >= 4 is 28.7 Å². The Hall–Kier alpha value is -3.85. The molecule has 1 saturated heterocycles. The first kappa shape index (κ1) is 27.3. The largest absolute Gasteiger partial charge is 0.408 e. The Kier molecular flexibility index (Phi) is 6.80. The van der Waals surface area contributed by atoms with Crippen molar-refractivity contribution in [3.05, 3.63) is 47.9 Å². The van der Waals surface area contributed by atoms with Crippen molar-refractivity contribution in [2.45, 2.75) is 63.3 Å². The van der Waals surface area contributed by atoms with E-state index in [1.54, 1.807) is 18.6 Å². The van der Waals surface area contributed by atoms with Gasteiger partial charge in [-0.05, 0) is 45.6 Å². The fourth-order valence-corrected chi connectivity index (χ4v) is 5.49. The molecule has 1 atom stereocenters. The zero-order chi connectivity index (χ0) is 28.9. The van der Waals surface area contributed by atoms with Crippen molar-refractivity contribution in [3.8, 4) is 16.5 Å². The normalized spacial score (nSPS) is 18.0. The number of carbonyl (C=O) groups is 1. The van der Waals surface area contributed by atoms with Crippen LogP contribution < -0.4 is 10.2 Å². The molecule has 5 heterocycles. The lowest BCUT2D eigenvalue weighted by atomic mass is 9.93. The van der Waals surface area contributed by atoms with Crippen molar-refractivity contribution in [2.75, 3.05) is 23.3 Å². The van der Waals surface area contributed by atoms with Gasteiger partial charge in [0, 0.05) is 30.6 Å². The van der Waals surface area contributed by atoms with Gasteiger partial charge >= 0.3 is 6.18 Å². The topological polar surface area (TPSA) is 127 Å². The summed E-state index contributed by atoms with van der Waals surface area (Å²) in [4.78, 5) is 28.6. The number of hydrogen-bond acceptors (Lipinski definition) is 9. The maximum Gasteiger partial charge on any atom is 0.408 e. The molecule has 1 saturated carbocycles. The number of imidazole rings is 1. The van der Waals surface area contributed by atoms with Gasteiger partial charge in [-0.2, -0.15) is 13.2 Å². The number of anilines is 2. The number of pyridine rings is 1. The van der Waals surface area contributed by atoms with Crippen LogP contribution in [-0.2, 0) is 0 Å². The van der Waals surface area contributed by atoms with E-state index in [1.165, 1.54) is 5.38 Å². The Balaban J connectivity index is 1.25. The molecule has 15 heteroatoms. The lowest BCUT2D eigenvalue weighted by Gasteiger charge is -2.37. The van der Waals surface area contributed by atoms with E-state index in [-0.39, 0.29) is 22.3 Å². The van der Waals surface area contributed by atoms with E-state index >= 15 is 0 Å². The zero-order valence-corrected chi connectivity index (χ0v) is 23.2. The molecule has 0 radical (unpaired) electrons. The number of halogens is 3. The molecule has 2 N–H and O–H groups in total. The summed E-state index contributed by atoms with van der Waals surface area (Å²) in [5, 5.41) is 22.2. The average molecular weight is 588 g/mol. The number of rotatable bonds is 7. The minimum absolute atomic E-state index is 0.0443. The zero-order valence-electron chi connectivity index (χ0n) is 22.3. The molecular weight excluding hydrogens is 559 g/mol. The summed E-state index contributed by atoms with van der Waals surface area (Å²) in [6.07, 6.45) is 5.31. The Morgan fingerprint density at radius 3 is 2.66 bits per heavy atom. The number of aromatic nitrogens is 7. The van der Waals surface area contributed by atoms with Crippen molar-refractivity contribution in [1.29, 1.82) is 0 Å². The van der Waals surface area contributed by atoms with E-state index in [1.807, 2.05) is 17.7 Å². The molecule has 216 valence electrons. The molecule has 6 rings (SSSR count). The van der Waals surface area contributed by atoms with Crippen molar-refractivity contribution in [2.24, 2.45) is 0 Å². The molecule has 1 aliphatic heterocycles. The van der Waals surface area contributed by atoms with E-state index in [9.17, 15) is 23.1 Å². The molecule has 2 aliphatic rings. The van der Waals surface area contributed by atoms with Crippen LogP contribution in [0.1, 0.15) is 67.7 Å². The Bertz CT molecular complexity index is 1560. The van der Waals surface area contributed by atoms with E-state index in [0.717, 1.165) is 59.1 Å². The molecule has 2 fully saturated rings. The van der Waals surface area contributed by atoms with Gasteiger partial charge in [0.25, 0.3) is 5.91 Å². The number of hydrogen-bond donors (Lipinski definition) is 2. The first-order chi connectivity index (χ1) is 19.5. The van der Waals surface area contributed by atoms with Gasteiger partial charge in [-0.15, -0.1) is 21.5 Å². The minimum atomic E-state index is -4.48. The second-order valence-electron chi connectivity index (χ2n) is 10.8. The molecule has 41 heavy (non-hydrogen) atoms. The second-order valence-corrected chi connectivity index (χ2v) is 11.7. The van der Waals surface area contributed by atoms with Crippen molar-refractivity contribution in [3.63, 3.8) is 0 Å². The minimum Gasteiger partial charge on any atom is -0.390 e. The second kappa shape index (κ2) is 10.2. The highest BCUT2D eigenvalue weighted by Gasteiger charge is 2.39. The predicted molar refractivity (Wildman–Crippen MR) is 145 cm³/mol. The SMILES string of the molecule is CC(n1cnnc1-c1nc(NC(=O)c2cc(-n3cnc(C4CC4)c3)c(N3CCC(C)(O)CC3)cn2)cs1)C(F)(F)F. The number of carbonyl (C=O) groups excluding carboxylic acids is 1. The van der Waals surface area contributed by atoms with Gasteiger partial charge in [-0.1, -0.05) is 0 Å². The van der Waals surface area contributed by atoms with Gasteiger partial charge in [-0.3, -0.25) is 9.36 Å². The molecular formula is C26H28F3N9O2S. The maximum absolute atomic E-state index is 13.3. The Labute approximate surface area is 237 Å². The van der Waals surface area contributed by atoms with Crippen LogP contribution in [0.2, 0.25) is 0 Å². The molecule has 0 aromatic carbocycles. The van der Waals surface area contributed by atoms with Crippen LogP contribution in [0, 0.1) is 0 Å². The van der Waals surface area contributed by atoms with Crippen LogP contribution in [-0.4, -0.2) is 70.2 Å². The van der Waals surface area contributed by atoms with Gasteiger partial charge in [0.05, 0.1) is 35.2 Å². The smallest absolute Gasteiger partial charge is 0.390 e. The lowest BCUT2D eigenvalue weighted by molar-refractivity contribution is -0.162. The van der Waals surface area contributed by atoms with Crippen LogP contribution in [0.3, 0.4) is 0 Å². The number of aliphatic hydroxyl groups is 1. The summed E-state index contributed by atoms with van der Waals surface area (Å²) in [6, 6.07) is -0.157. The van der Waals surface area contributed by atoms with Crippen molar-refractivity contribution in [1.82, 2.24) is 34.3 Å². The van der Waals surface area contributed by atoms with E-state index in [4.69, 9.17) is 0 Å². The van der Waals surface area contributed by atoms with Crippen LogP contribution in [0.25, 0.3) is 16.5 Å². The van der Waals surface area contributed by atoms with Crippen molar-refractivity contribution < 1.29 is 23.1 Å². The van der Waals surface area contributed by atoms with Crippen LogP contribution >= 0.6 is 11.3 Å². The first-order valence-electron chi connectivity index (χ1n) is 13.2. The van der Waals surface area contributed by atoms with Crippen LogP contribution in [0.5, 0.6) is 0 Å². The number of nitrogens with one attached hydrogen (secondary N) is 1. The monoisotopic (exact) mass is 587 g/mol. The number of piperidine rings is 1. The van der Waals surface area contributed by atoms with Gasteiger partial charge in [0.1, 0.15) is 23.9 Å². The van der Waals surface area contributed by atoms with Gasteiger partial charge < -0.3 is 19.9 Å². The summed E-state index contributed by atoms with van der Waals surface area (Å²) in [5.74, 6) is 0.0489. The van der Waals surface area contributed by atoms with E-state index in [0.29, 0.717) is 31.8 Å². The number of nitrogens with zero attached hydrogens (tertiary/aromatic N) is 8. The number of amides is 1. The number of thiazole rings is 1. The standard InChI is InChI=1S/C26H28F3N9O2S/c1-15(26(27,28)29)38-14-32-35-22(38)24-34-21(12-41-24)33-23(39)17-9-19(37-11-18(31-13-37)16-3-4-16)20(10-30-17)36-7-5-25(2,40)6-8-36/h9-16,40H,3-8H2,1-2H3,(H,33,39). The third-order valence-electron chi connectivity index (χ3n) is 7.55. The summed E-state index contributed by atoms with van der Waals surface area (Å²) < 4.78 is 42.6. The van der Waals surface area contributed by atoms with Crippen LogP contribution in [0.4, 0.5) is 24.7 Å². The predicted octanol–water partition coefficient (Wildman–Crippen LogP) is 4.59. The van der Waals surface area contributed by atoms with E-state index < -0.39 is 23.7 Å². The Morgan fingerprint density at radius 2 is 1.95 bits per heavy atom. The molecule has 0 bridgehead atoms.